The Morgan fingerprint density at radius 1 is 1.25 bits per heavy atom. The van der Waals surface area contributed by atoms with Crippen LogP contribution in [0.2, 0.25) is 0 Å². The summed E-state index contributed by atoms with van der Waals surface area (Å²) in [5, 5.41) is 16.0. The summed E-state index contributed by atoms with van der Waals surface area (Å²) in [4.78, 5) is 15.2. The third kappa shape index (κ3) is 2.05. The van der Waals surface area contributed by atoms with Gasteiger partial charge in [-0.15, -0.1) is 0 Å². The van der Waals surface area contributed by atoms with Gasteiger partial charge in [0.25, 0.3) is 0 Å². The van der Waals surface area contributed by atoms with Gasteiger partial charge in [-0.1, -0.05) is 23.2 Å². The number of fused-ring (bicyclic) bond motifs is 1. The molecule has 1 aromatic heterocycles. The quantitative estimate of drug-likeness (QED) is 0.658. The van der Waals surface area contributed by atoms with Gasteiger partial charge >= 0.3 is 0 Å². The van der Waals surface area contributed by atoms with Crippen LogP contribution in [0, 0.1) is 10.1 Å². The normalized spacial score (nSPS) is 13.8. The zero-order valence-corrected chi connectivity index (χ0v) is 10.4. The van der Waals surface area contributed by atoms with Gasteiger partial charge in [0.2, 0.25) is 0 Å². The number of benzene rings is 1. The number of para-hydroxylation sites is 1. The Bertz CT molecular complexity index is 671. The van der Waals surface area contributed by atoms with Crippen molar-refractivity contribution in [2.45, 2.75) is 0 Å². The van der Waals surface area contributed by atoms with E-state index in [1.54, 1.807) is 30.6 Å². The molecule has 0 saturated heterocycles. The van der Waals surface area contributed by atoms with E-state index < -0.39 is 5.03 Å². The fraction of sp³-hybridized carbons (Fsp3) is 0.0769. The Labute approximate surface area is 114 Å². The molecule has 7 heteroatoms. The number of hydrazone groups is 1. The monoisotopic (exact) mass is 269 g/mol. The van der Waals surface area contributed by atoms with E-state index in [1.807, 2.05) is 18.2 Å². The van der Waals surface area contributed by atoms with E-state index in [4.69, 9.17) is 0 Å². The van der Waals surface area contributed by atoms with Crippen molar-refractivity contribution in [3.63, 3.8) is 0 Å². The van der Waals surface area contributed by atoms with Gasteiger partial charge in [0, 0.05) is 23.5 Å². The van der Waals surface area contributed by atoms with Crippen LogP contribution in [-0.4, -0.2) is 22.4 Å². The van der Waals surface area contributed by atoms with Crippen LogP contribution < -0.4 is 10.4 Å². The highest BCUT2D eigenvalue weighted by Crippen LogP contribution is 2.24. The average molecular weight is 269 g/mol. The highest BCUT2D eigenvalue weighted by atomic mass is 16.7. The number of pyridine rings is 1. The molecule has 20 heavy (non-hydrogen) atoms. The van der Waals surface area contributed by atoms with Crippen molar-refractivity contribution in [3.05, 3.63) is 70.0 Å². The lowest BCUT2D eigenvalue weighted by atomic mass is 10.0. The molecule has 3 rings (SSSR count). The molecule has 0 spiro atoms. The first kappa shape index (κ1) is 12.1. The highest BCUT2D eigenvalue weighted by molar-refractivity contribution is 6.15. The lowest BCUT2D eigenvalue weighted by Crippen LogP contribution is -2.36. The van der Waals surface area contributed by atoms with E-state index in [0.717, 1.165) is 10.6 Å². The molecule has 7 nitrogen and oxygen atoms in total. The zero-order chi connectivity index (χ0) is 13.9. The Balaban J connectivity index is 2.15. The summed E-state index contributed by atoms with van der Waals surface area (Å²) in [6.45, 7) is 0.00771. The smallest absolute Gasteiger partial charge is 0.168 e. The number of hydrogen-bond acceptors (Lipinski definition) is 5. The van der Waals surface area contributed by atoms with Crippen LogP contribution in [0.5, 0.6) is 0 Å². The summed E-state index contributed by atoms with van der Waals surface area (Å²) in [5.74, 6) is 0. The van der Waals surface area contributed by atoms with Crippen molar-refractivity contribution in [2.75, 3.05) is 11.7 Å². The molecule has 1 aliphatic rings. The lowest BCUT2D eigenvalue weighted by Gasteiger charge is -2.13. The van der Waals surface area contributed by atoms with E-state index in [-0.39, 0.29) is 6.67 Å². The van der Waals surface area contributed by atoms with Gasteiger partial charge in [0.1, 0.15) is 11.4 Å². The Hall–Kier alpha value is -2.96. The number of rotatable bonds is 2. The van der Waals surface area contributed by atoms with Crippen molar-refractivity contribution >= 4 is 11.4 Å². The molecule has 0 saturated carbocycles. The maximum Gasteiger partial charge on any atom is 0.168 e. The van der Waals surface area contributed by atoms with Gasteiger partial charge in [-0.2, -0.15) is 5.10 Å². The molecule has 0 bridgehead atoms. The van der Waals surface area contributed by atoms with Crippen molar-refractivity contribution in [3.8, 4) is 0 Å². The zero-order valence-electron chi connectivity index (χ0n) is 10.4. The van der Waals surface area contributed by atoms with Crippen LogP contribution in [-0.2, 0) is 0 Å². The van der Waals surface area contributed by atoms with Gasteiger partial charge in [0.15, 0.2) is 11.7 Å². The predicted octanol–water partition coefficient (Wildman–Crippen LogP) is 1.39. The maximum absolute atomic E-state index is 11.1. The topological polar surface area (TPSA) is 83.7 Å². The molecule has 0 unspecified atom stereocenters. The van der Waals surface area contributed by atoms with Gasteiger partial charge in [-0.3, -0.25) is 10.4 Å². The summed E-state index contributed by atoms with van der Waals surface area (Å²) in [5.41, 5.74) is 5.36. The Morgan fingerprint density at radius 3 is 2.85 bits per heavy atom. The van der Waals surface area contributed by atoms with Gasteiger partial charge in [-0.05, 0) is 18.2 Å². The van der Waals surface area contributed by atoms with Gasteiger partial charge < -0.3 is 0 Å². The number of anilines is 1. The van der Waals surface area contributed by atoms with Gasteiger partial charge in [0.05, 0.1) is 0 Å². The van der Waals surface area contributed by atoms with Crippen LogP contribution in [0.1, 0.15) is 11.1 Å². The Morgan fingerprint density at radius 2 is 2.10 bits per heavy atom. The summed E-state index contributed by atoms with van der Waals surface area (Å²) >= 11 is 0. The van der Waals surface area contributed by atoms with Crippen LogP contribution >= 0.6 is 0 Å². The van der Waals surface area contributed by atoms with Crippen LogP contribution in [0.3, 0.4) is 0 Å². The fourth-order valence-electron chi connectivity index (χ4n) is 2.09. The molecule has 100 valence electrons. The molecule has 0 aliphatic carbocycles. The van der Waals surface area contributed by atoms with Crippen LogP contribution in [0.15, 0.2) is 53.9 Å². The second-order valence-corrected chi connectivity index (χ2v) is 4.17. The minimum Gasteiger partial charge on any atom is -0.284 e. The number of aromatic nitrogens is 1. The van der Waals surface area contributed by atoms with E-state index in [2.05, 4.69) is 15.5 Å². The van der Waals surface area contributed by atoms with E-state index in [9.17, 15) is 10.1 Å². The molecular weight excluding hydrogens is 258 g/mol. The van der Waals surface area contributed by atoms with E-state index in [0.29, 0.717) is 17.0 Å². The molecule has 1 aromatic carbocycles. The first-order valence-electron chi connectivity index (χ1n) is 5.99. The summed E-state index contributed by atoms with van der Waals surface area (Å²) in [6, 6.07) is 10.8. The van der Waals surface area contributed by atoms with Gasteiger partial charge in [-0.25, -0.2) is 10.1 Å². The van der Waals surface area contributed by atoms with E-state index in [1.165, 1.54) is 0 Å². The van der Waals surface area contributed by atoms with Crippen molar-refractivity contribution < 1.29 is 5.03 Å². The fourth-order valence-corrected chi connectivity index (χ4v) is 2.09. The number of hydrogen-bond donors (Lipinski definition) is 1. The summed E-state index contributed by atoms with van der Waals surface area (Å²) in [7, 11) is 0. The molecule has 0 fully saturated rings. The third-order valence-electron chi connectivity index (χ3n) is 2.98. The molecule has 1 N–H and O–H groups in total. The maximum atomic E-state index is 11.1. The van der Waals surface area contributed by atoms with Crippen LogP contribution in [0.25, 0.3) is 0 Å². The number of nitrogens with one attached hydrogen (secondary N) is 1. The van der Waals surface area contributed by atoms with Crippen molar-refractivity contribution in [1.29, 1.82) is 0 Å². The minimum absolute atomic E-state index is 0.00771. The number of nitro groups is 1. The van der Waals surface area contributed by atoms with Crippen molar-refractivity contribution in [2.24, 2.45) is 5.10 Å². The first-order chi connectivity index (χ1) is 9.77. The number of nitrogens with zero attached hydrogens (tertiary/aromatic N) is 4. The summed E-state index contributed by atoms with van der Waals surface area (Å²) in [6.07, 6.45) is 3.35. The lowest BCUT2D eigenvalue weighted by molar-refractivity contribution is -0.495. The average Bonchev–Trinajstić information content (AvgIpc) is 2.68. The molecule has 0 radical (unpaired) electrons. The molecule has 2 aromatic rings. The molecule has 2 heterocycles. The predicted molar refractivity (Wildman–Crippen MR) is 73.8 cm³/mol. The molecule has 0 amide bonds. The van der Waals surface area contributed by atoms with Crippen LogP contribution in [0.4, 0.5) is 5.69 Å². The van der Waals surface area contributed by atoms with E-state index >= 15 is 0 Å². The second kappa shape index (κ2) is 4.96. The standard InChI is InChI=1S/C13H11N5O2/c19-18(20)17-9-15-16-13(10-4-3-7-14-8-10)11-5-1-2-6-12(11)17/h1-8,15H,9H2. The highest BCUT2D eigenvalue weighted by Gasteiger charge is 2.25. The second-order valence-electron chi connectivity index (χ2n) is 4.17. The molecule has 0 atom stereocenters. The minimum atomic E-state index is -0.451. The number of hydrazine groups is 1. The summed E-state index contributed by atoms with van der Waals surface area (Å²) < 4.78 is 0. The largest absolute Gasteiger partial charge is 0.284 e. The molecular formula is C13H11N5O2. The SMILES string of the molecule is O=[N+]([O-])N1CNN=C(c2cccnc2)c2ccccc21. The third-order valence-corrected chi connectivity index (χ3v) is 2.98. The van der Waals surface area contributed by atoms with Crippen molar-refractivity contribution in [1.82, 2.24) is 10.4 Å². The molecule has 1 aliphatic heterocycles. The Kier molecular flexibility index (Phi) is 3.00. The first-order valence-corrected chi connectivity index (χ1v) is 5.99.